The zero-order chi connectivity index (χ0) is 14.7. The summed E-state index contributed by atoms with van der Waals surface area (Å²) in [6.07, 6.45) is 0.850. The normalized spacial score (nSPS) is 10.8. The molecule has 0 aliphatic rings. The number of aryl methyl sites for hydroxylation is 3. The number of esters is 1. The van der Waals surface area contributed by atoms with Crippen LogP contribution in [0.1, 0.15) is 37.1 Å². The highest BCUT2D eigenvalue weighted by molar-refractivity contribution is 5.85. The third-order valence-electron chi connectivity index (χ3n) is 2.94. The van der Waals surface area contributed by atoms with Crippen LogP contribution >= 0.6 is 0 Å². The summed E-state index contributed by atoms with van der Waals surface area (Å²) in [5.41, 5.74) is 1.84. The second-order valence-corrected chi connectivity index (χ2v) is 4.29. The van der Waals surface area contributed by atoms with Crippen molar-refractivity contribution in [3.8, 4) is 11.5 Å². The molecule has 0 unspecified atom stereocenters. The first-order valence-corrected chi connectivity index (χ1v) is 6.75. The van der Waals surface area contributed by atoms with E-state index in [0.29, 0.717) is 12.4 Å². The summed E-state index contributed by atoms with van der Waals surface area (Å²) >= 11 is 0. The molecule has 20 heavy (non-hydrogen) atoms. The SMILES string of the molecule is CCOC(=O)c1nc(-c2cc(CC)nn2CC)n(C)n1. The number of rotatable bonds is 5. The summed E-state index contributed by atoms with van der Waals surface area (Å²) in [5.74, 6) is 0.181. The Labute approximate surface area is 117 Å². The Morgan fingerprint density at radius 1 is 1.30 bits per heavy atom. The van der Waals surface area contributed by atoms with E-state index in [1.165, 1.54) is 0 Å². The van der Waals surface area contributed by atoms with E-state index in [-0.39, 0.29) is 5.82 Å². The van der Waals surface area contributed by atoms with Gasteiger partial charge in [-0.1, -0.05) is 6.92 Å². The quantitative estimate of drug-likeness (QED) is 0.773. The monoisotopic (exact) mass is 277 g/mol. The van der Waals surface area contributed by atoms with Gasteiger partial charge in [-0.25, -0.2) is 9.48 Å². The molecule has 2 aromatic rings. The van der Waals surface area contributed by atoms with E-state index in [1.54, 1.807) is 18.7 Å². The highest BCUT2D eigenvalue weighted by Gasteiger charge is 2.19. The van der Waals surface area contributed by atoms with E-state index in [0.717, 1.165) is 24.4 Å². The van der Waals surface area contributed by atoms with Crippen LogP contribution in [0.15, 0.2) is 6.07 Å². The van der Waals surface area contributed by atoms with Crippen LogP contribution in [0.2, 0.25) is 0 Å². The Hall–Kier alpha value is -2.18. The number of nitrogens with zero attached hydrogens (tertiary/aromatic N) is 5. The molecule has 7 nitrogen and oxygen atoms in total. The molecule has 0 atom stereocenters. The van der Waals surface area contributed by atoms with E-state index >= 15 is 0 Å². The van der Waals surface area contributed by atoms with Crippen molar-refractivity contribution in [2.45, 2.75) is 33.7 Å². The summed E-state index contributed by atoms with van der Waals surface area (Å²) in [7, 11) is 1.75. The minimum Gasteiger partial charge on any atom is -0.460 e. The largest absolute Gasteiger partial charge is 0.460 e. The van der Waals surface area contributed by atoms with E-state index < -0.39 is 5.97 Å². The topological polar surface area (TPSA) is 74.8 Å². The average Bonchev–Trinajstić information content (AvgIpc) is 3.01. The van der Waals surface area contributed by atoms with Crippen molar-refractivity contribution in [3.63, 3.8) is 0 Å². The van der Waals surface area contributed by atoms with Gasteiger partial charge in [-0.15, -0.1) is 5.10 Å². The van der Waals surface area contributed by atoms with Crippen molar-refractivity contribution in [1.29, 1.82) is 0 Å². The number of aromatic nitrogens is 5. The molecule has 0 N–H and O–H groups in total. The lowest BCUT2D eigenvalue weighted by Crippen LogP contribution is -2.07. The maximum atomic E-state index is 11.7. The van der Waals surface area contributed by atoms with E-state index in [2.05, 4.69) is 15.2 Å². The van der Waals surface area contributed by atoms with Gasteiger partial charge < -0.3 is 4.74 Å². The smallest absolute Gasteiger partial charge is 0.378 e. The van der Waals surface area contributed by atoms with Crippen molar-refractivity contribution in [2.24, 2.45) is 7.05 Å². The van der Waals surface area contributed by atoms with Gasteiger partial charge in [0.05, 0.1) is 12.3 Å². The Bertz CT molecular complexity index is 614. The lowest BCUT2D eigenvalue weighted by molar-refractivity contribution is 0.0512. The molecule has 0 spiro atoms. The lowest BCUT2D eigenvalue weighted by Gasteiger charge is -2.02. The molecule has 0 aliphatic carbocycles. The third-order valence-corrected chi connectivity index (χ3v) is 2.94. The minimum atomic E-state index is -0.507. The highest BCUT2D eigenvalue weighted by Crippen LogP contribution is 2.19. The molecule has 0 aliphatic heterocycles. The van der Waals surface area contributed by atoms with Crippen LogP contribution in [0.3, 0.4) is 0 Å². The van der Waals surface area contributed by atoms with Crippen LogP contribution < -0.4 is 0 Å². The van der Waals surface area contributed by atoms with Gasteiger partial charge in [0.15, 0.2) is 5.82 Å². The van der Waals surface area contributed by atoms with Gasteiger partial charge in [-0.3, -0.25) is 4.68 Å². The summed E-state index contributed by atoms with van der Waals surface area (Å²) in [6.45, 7) is 6.85. The van der Waals surface area contributed by atoms with Crippen LogP contribution in [0.25, 0.3) is 11.5 Å². The van der Waals surface area contributed by atoms with Gasteiger partial charge in [0.25, 0.3) is 5.82 Å². The second-order valence-electron chi connectivity index (χ2n) is 4.29. The van der Waals surface area contributed by atoms with Crippen molar-refractivity contribution in [3.05, 3.63) is 17.6 Å². The first-order chi connectivity index (χ1) is 9.60. The van der Waals surface area contributed by atoms with Crippen molar-refractivity contribution < 1.29 is 9.53 Å². The van der Waals surface area contributed by atoms with Gasteiger partial charge in [-0.05, 0) is 26.3 Å². The Balaban J connectivity index is 2.42. The molecule has 0 saturated heterocycles. The molecule has 0 fully saturated rings. The Kier molecular flexibility index (Phi) is 4.16. The second kappa shape index (κ2) is 5.85. The first-order valence-electron chi connectivity index (χ1n) is 6.75. The molecular weight excluding hydrogens is 258 g/mol. The van der Waals surface area contributed by atoms with E-state index in [9.17, 15) is 4.79 Å². The van der Waals surface area contributed by atoms with Crippen LogP contribution in [0.4, 0.5) is 0 Å². The molecule has 0 aromatic carbocycles. The zero-order valence-electron chi connectivity index (χ0n) is 12.3. The summed E-state index contributed by atoms with van der Waals surface area (Å²) in [4.78, 5) is 15.9. The number of hydrogen-bond donors (Lipinski definition) is 0. The van der Waals surface area contributed by atoms with E-state index in [1.807, 2.05) is 24.6 Å². The molecule has 108 valence electrons. The maximum absolute atomic E-state index is 11.7. The summed E-state index contributed by atoms with van der Waals surface area (Å²) in [6, 6.07) is 1.97. The molecule has 0 radical (unpaired) electrons. The average molecular weight is 277 g/mol. The maximum Gasteiger partial charge on any atom is 0.378 e. The molecule has 2 aromatic heterocycles. The molecule has 2 heterocycles. The Morgan fingerprint density at radius 2 is 2.05 bits per heavy atom. The first kappa shape index (κ1) is 14.2. The predicted molar refractivity (Wildman–Crippen MR) is 73.2 cm³/mol. The van der Waals surface area contributed by atoms with Gasteiger partial charge >= 0.3 is 5.97 Å². The zero-order valence-corrected chi connectivity index (χ0v) is 12.3. The molecular formula is C13H19N5O2. The Morgan fingerprint density at radius 3 is 2.65 bits per heavy atom. The van der Waals surface area contributed by atoms with Crippen LogP contribution in [-0.2, 0) is 24.8 Å². The molecule has 0 amide bonds. The molecule has 2 rings (SSSR count). The van der Waals surface area contributed by atoms with Gasteiger partial charge in [-0.2, -0.15) is 10.1 Å². The van der Waals surface area contributed by atoms with Crippen LogP contribution in [0, 0.1) is 0 Å². The molecule has 0 bridgehead atoms. The predicted octanol–water partition coefficient (Wildman–Crippen LogP) is 1.44. The lowest BCUT2D eigenvalue weighted by atomic mass is 10.3. The minimum absolute atomic E-state index is 0.0752. The van der Waals surface area contributed by atoms with E-state index in [4.69, 9.17) is 4.74 Å². The van der Waals surface area contributed by atoms with Crippen molar-refractivity contribution in [1.82, 2.24) is 24.5 Å². The number of hydrogen-bond acceptors (Lipinski definition) is 5. The fourth-order valence-corrected chi connectivity index (χ4v) is 1.95. The van der Waals surface area contributed by atoms with Crippen LogP contribution in [0.5, 0.6) is 0 Å². The number of carbonyl (C=O) groups is 1. The molecule has 7 heteroatoms. The van der Waals surface area contributed by atoms with Crippen molar-refractivity contribution in [2.75, 3.05) is 6.61 Å². The standard InChI is InChI=1S/C13H19N5O2/c1-5-9-8-10(18(6-2)15-9)12-14-11(16-17(12)4)13(19)20-7-3/h8H,5-7H2,1-4H3. The van der Waals surface area contributed by atoms with Gasteiger partial charge in [0.1, 0.15) is 5.69 Å². The molecule has 0 saturated carbocycles. The van der Waals surface area contributed by atoms with Crippen LogP contribution in [-0.4, -0.2) is 37.1 Å². The summed E-state index contributed by atoms with van der Waals surface area (Å²) < 4.78 is 8.35. The number of carbonyl (C=O) groups excluding carboxylic acids is 1. The van der Waals surface area contributed by atoms with Gasteiger partial charge in [0, 0.05) is 13.6 Å². The third kappa shape index (κ3) is 2.56. The van der Waals surface area contributed by atoms with Gasteiger partial charge in [0.2, 0.25) is 0 Å². The summed E-state index contributed by atoms with van der Waals surface area (Å²) in [5, 5.41) is 8.58. The highest BCUT2D eigenvalue weighted by atomic mass is 16.5. The fraction of sp³-hybridized carbons (Fsp3) is 0.538. The number of ether oxygens (including phenoxy) is 1. The fourth-order valence-electron chi connectivity index (χ4n) is 1.95. The van der Waals surface area contributed by atoms with Crippen molar-refractivity contribution >= 4 is 5.97 Å².